The van der Waals surface area contributed by atoms with Crippen molar-refractivity contribution in [1.29, 1.82) is 0 Å². The van der Waals surface area contributed by atoms with Crippen LogP contribution in [-0.4, -0.2) is 27.9 Å². The second-order valence-corrected chi connectivity index (χ2v) is 3.99. The van der Waals surface area contributed by atoms with Crippen LogP contribution >= 0.6 is 0 Å². The minimum atomic E-state index is -0.743. The van der Waals surface area contributed by atoms with Gasteiger partial charge in [0.1, 0.15) is 12.1 Å². The molecular weight excluding hydrogens is 292 g/mol. The number of methoxy groups -OCH3 is 1. The number of aromatic nitrogens is 2. The van der Waals surface area contributed by atoms with Crippen molar-refractivity contribution >= 4 is 23.2 Å². The van der Waals surface area contributed by atoms with Gasteiger partial charge in [-0.3, -0.25) is 25.8 Å². The molecule has 22 heavy (non-hydrogen) atoms. The van der Waals surface area contributed by atoms with E-state index in [-0.39, 0.29) is 17.2 Å². The monoisotopic (exact) mass is 304 g/mol. The number of nitrogens with one attached hydrogen (secondary N) is 2. The summed E-state index contributed by atoms with van der Waals surface area (Å²) in [7, 11) is 1.43. The van der Waals surface area contributed by atoms with Gasteiger partial charge in [-0.15, -0.1) is 0 Å². The lowest BCUT2D eigenvalue weighted by Crippen LogP contribution is -2.30. The number of anilines is 2. The molecule has 0 radical (unpaired) electrons. The number of nitro groups is 1. The summed E-state index contributed by atoms with van der Waals surface area (Å²) in [5, 5.41) is 10.9. The Morgan fingerprint density at radius 3 is 2.77 bits per heavy atom. The molecule has 0 saturated carbocycles. The van der Waals surface area contributed by atoms with Crippen molar-refractivity contribution in [2.75, 3.05) is 18.3 Å². The number of hydrazine groups is 1. The van der Waals surface area contributed by atoms with Crippen LogP contribution < -0.4 is 21.3 Å². The van der Waals surface area contributed by atoms with Gasteiger partial charge in [0, 0.05) is 0 Å². The van der Waals surface area contributed by atoms with Crippen LogP contribution in [0.3, 0.4) is 0 Å². The number of nitrogens with two attached hydrogens (primary N) is 1. The number of nitrogen functional groups attached to an aromatic ring is 1. The molecule has 0 aliphatic carbocycles. The first kappa shape index (κ1) is 15.0. The molecule has 0 aliphatic heterocycles. The third-order valence-electron chi connectivity index (χ3n) is 2.68. The molecule has 1 amide bonds. The molecule has 1 aromatic carbocycles. The maximum absolute atomic E-state index is 12.1. The number of carbonyl (C=O) groups excluding carboxylic acids is 1. The van der Waals surface area contributed by atoms with Crippen LogP contribution in [0.4, 0.5) is 17.3 Å². The van der Waals surface area contributed by atoms with Crippen LogP contribution in [0.25, 0.3) is 0 Å². The van der Waals surface area contributed by atoms with E-state index in [1.165, 1.54) is 7.11 Å². The van der Waals surface area contributed by atoms with Gasteiger partial charge in [0.05, 0.1) is 17.6 Å². The van der Waals surface area contributed by atoms with Gasteiger partial charge in [-0.1, -0.05) is 12.1 Å². The van der Waals surface area contributed by atoms with Gasteiger partial charge in [0.2, 0.25) is 11.6 Å². The molecule has 4 N–H and O–H groups in total. The number of benzene rings is 1. The molecule has 0 saturated heterocycles. The number of ether oxygens (including phenoxy) is 1. The van der Waals surface area contributed by atoms with Crippen LogP contribution in [0, 0.1) is 10.1 Å². The third-order valence-corrected chi connectivity index (χ3v) is 2.68. The highest BCUT2D eigenvalue weighted by atomic mass is 16.6. The summed E-state index contributed by atoms with van der Waals surface area (Å²) in [5.41, 5.74) is 9.80. The van der Waals surface area contributed by atoms with Crippen molar-refractivity contribution in [2.24, 2.45) is 0 Å². The minimum Gasteiger partial charge on any atom is -0.496 e. The van der Waals surface area contributed by atoms with Gasteiger partial charge >= 0.3 is 5.69 Å². The average molecular weight is 304 g/mol. The summed E-state index contributed by atoms with van der Waals surface area (Å²) < 4.78 is 5.06. The van der Waals surface area contributed by atoms with Crippen molar-refractivity contribution in [2.45, 2.75) is 0 Å². The first-order valence-electron chi connectivity index (χ1n) is 5.98. The second-order valence-electron chi connectivity index (χ2n) is 3.99. The zero-order valence-electron chi connectivity index (χ0n) is 11.4. The van der Waals surface area contributed by atoms with Gasteiger partial charge in [-0.05, 0) is 12.1 Å². The van der Waals surface area contributed by atoms with Crippen molar-refractivity contribution in [3.8, 4) is 5.75 Å². The zero-order valence-corrected chi connectivity index (χ0v) is 11.4. The normalized spacial score (nSPS) is 9.86. The van der Waals surface area contributed by atoms with Gasteiger partial charge in [-0.25, -0.2) is 9.97 Å². The summed E-state index contributed by atoms with van der Waals surface area (Å²) >= 11 is 0. The highest BCUT2D eigenvalue weighted by Gasteiger charge is 2.21. The van der Waals surface area contributed by atoms with Crippen LogP contribution in [0.2, 0.25) is 0 Å². The minimum absolute atomic E-state index is 0.222. The van der Waals surface area contributed by atoms with Crippen LogP contribution in [0.5, 0.6) is 5.75 Å². The SMILES string of the molecule is COc1ccccc1C(=O)NNc1ncnc(N)c1[N+](=O)[O-]. The van der Waals surface area contributed by atoms with E-state index in [1.807, 2.05) is 0 Å². The molecule has 0 fully saturated rings. The molecule has 2 aromatic rings. The second kappa shape index (κ2) is 6.35. The van der Waals surface area contributed by atoms with Gasteiger partial charge in [0.15, 0.2) is 0 Å². The number of nitrogens with zero attached hydrogens (tertiary/aromatic N) is 3. The first-order valence-corrected chi connectivity index (χ1v) is 5.98. The van der Waals surface area contributed by atoms with E-state index in [2.05, 4.69) is 20.8 Å². The molecule has 1 aromatic heterocycles. The number of rotatable bonds is 5. The highest BCUT2D eigenvalue weighted by Crippen LogP contribution is 2.25. The van der Waals surface area contributed by atoms with E-state index < -0.39 is 16.5 Å². The number of carbonyl (C=O) groups is 1. The number of hydrogen-bond acceptors (Lipinski definition) is 8. The molecule has 10 nitrogen and oxygen atoms in total. The molecule has 0 aliphatic rings. The Kier molecular flexibility index (Phi) is 4.32. The molecule has 0 bridgehead atoms. The quantitative estimate of drug-likeness (QED) is 0.541. The average Bonchev–Trinajstić information content (AvgIpc) is 2.52. The van der Waals surface area contributed by atoms with E-state index in [1.54, 1.807) is 24.3 Å². The fourth-order valence-electron chi connectivity index (χ4n) is 1.68. The maximum Gasteiger partial charge on any atom is 0.354 e. The Morgan fingerprint density at radius 1 is 1.36 bits per heavy atom. The predicted octanol–water partition coefficient (Wildman–Crippen LogP) is 0.733. The Balaban J connectivity index is 2.19. The molecule has 1 heterocycles. The lowest BCUT2D eigenvalue weighted by atomic mass is 10.2. The Hall–Kier alpha value is -3.43. The van der Waals surface area contributed by atoms with Crippen LogP contribution in [0.1, 0.15) is 10.4 Å². The molecule has 0 atom stereocenters. The summed E-state index contributed by atoms with van der Waals surface area (Å²) in [6.07, 6.45) is 1.04. The smallest absolute Gasteiger partial charge is 0.354 e. The molecule has 0 spiro atoms. The van der Waals surface area contributed by atoms with Crippen molar-refractivity contribution in [1.82, 2.24) is 15.4 Å². The van der Waals surface area contributed by atoms with Crippen LogP contribution in [-0.2, 0) is 0 Å². The maximum atomic E-state index is 12.1. The Morgan fingerprint density at radius 2 is 2.09 bits per heavy atom. The molecular formula is C12H12N6O4. The van der Waals surface area contributed by atoms with Crippen molar-refractivity contribution < 1.29 is 14.5 Å². The number of para-hydroxylation sites is 1. The van der Waals surface area contributed by atoms with Crippen molar-refractivity contribution in [3.05, 3.63) is 46.3 Å². The first-order chi connectivity index (χ1) is 10.5. The standard InChI is InChI=1S/C12H12N6O4/c1-22-8-5-3-2-4-7(8)12(19)17-16-11-9(18(20)21)10(13)14-6-15-11/h2-6H,1H3,(H,17,19)(H3,13,14,15,16). The van der Waals surface area contributed by atoms with E-state index >= 15 is 0 Å². The number of hydrogen-bond donors (Lipinski definition) is 3. The molecule has 114 valence electrons. The highest BCUT2D eigenvalue weighted by molar-refractivity contribution is 5.97. The van der Waals surface area contributed by atoms with Gasteiger partial charge in [-0.2, -0.15) is 0 Å². The summed E-state index contributed by atoms with van der Waals surface area (Å²) in [6.45, 7) is 0. The number of amides is 1. The lowest BCUT2D eigenvalue weighted by molar-refractivity contribution is -0.383. The van der Waals surface area contributed by atoms with E-state index in [4.69, 9.17) is 10.5 Å². The summed E-state index contributed by atoms with van der Waals surface area (Å²) in [5.74, 6) is -0.725. The van der Waals surface area contributed by atoms with Crippen LogP contribution in [0.15, 0.2) is 30.6 Å². The summed E-state index contributed by atoms with van der Waals surface area (Å²) in [4.78, 5) is 29.5. The topological polar surface area (TPSA) is 145 Å². The Bertz CT molecular complexity index is 721. The largest absolute Gasteiger partial charge is 0.496 e. The van der Waals surface area contributed by atoms with E-state index in [0.717, 1.165) is 6.33 Å². The Labute approximate surface area is 124 Å². The predicted molar refractivity (Wildman–Crippen MR) is 77.2 cm³/mol. The molecule has 2 rings (SSSR count). The van der Waals surface area contributed by atoms with Crippen molar-refractivity contribution in [3.63, 3.8) is 0 Å². The summed E-state index contributed by atoms with van der Waals surface area (Å²) in [6, 6.07) is 6.51. The molecule has 0 unspecified atom stereocenters. The van der Waals surface area contributed by atoms with E-state index in [0.29, 0.717) is 5.75 Å². The van der Waals surface area contributed by atoms with Gasteiger partial charge in [0.25, 0.3) is 5.91 Å². The lowest BCUT2D eigenvalue weighted by Gasteiger charge is -2.10. The van der Waals surface area contributed by atoms with E-state index in [9.17, 15) is 14.9 Å². The molecule has 10 heteroatoms. The third kappa shape index (κ3) is 3.00. The zero-order chi connectivity index (χ0) is 16.1. The fraction of sp³-hybridized carbons (Fsp3) is 0.0833. The fourth-order valence-corrected chi connectivity index (χ4v) is 1.68. The van der Waals surface area contributed by atoms with Gasteiger partial charge < -0.3 is 10.5 Å².